The minimum absolute atomic E-state index is 0.167. The van der Waals surface area contributed by atoms with Crippen LogP contribution in [-0.2, 0) is 15.7 Å². The molecule has 0 radical (unpaired) electrons. The Morgan fingerprint density at radius 1 is 0.956 bits per heavy atom. The quantitative estimate of drug-likeness (QED) is 0.143. The summed E-state index contributed by atoms with van der Waals surface area (Å²) in [4.78, 5) is 2.84. The summed E-state index contributed by atoms with van der Waals surface area (Å²) in [6.07, 6.45) is 29.4. The molecule has 1 fully saturated rings. The van der Waals surface area contributed by atoms with Crippen molar-refractivity contribution in [3.05, 3.63) is 106 Å². The third-order valence-electron chi connectivity index (χ3n) is 9.61. The molecule has 232 valence electrons. The minimum Gasteiger partial charge on any atom is -0.403 e. The number of thioether (sulfide) groups is 1. The van der Waals surface area contributed by atoms with Gasteiger partial charge < -0.3 is 13.9 Å². The molecule has 45 heavy (non-hydrogen) atoms. The second kappa shape index (κ2) is 13.2. The fraction of sp³-hybridized carbons (Fsp3) is 0.350. The van der Waals surface area contributed by atoms with Gasteiger partial charge in [-0.25, -0.2) is 0 Å². The summed E-state index contributed by atoms with van der Waals surface area (Å²) in [6, 6.07) is 13.8. The van der Waals surface area contributed by atoms with E-state index in [0.29, 0.717) is 0 Å². The van der Waals surface area contributed by atoms with Crippen LogP contribution in [0.15, 0.2) is 94.8 Å². The third kappa shape index (κ3) is 6.41. The van der Waals surface area contributed by atoms with Gasteiger partial charge in [0, 0.05) is 39.3 Å². The predicted octanol–water partition coefficient (Wildman–Crippen LogP) is 9.62. The number of hydrogen-bond donors (Lipinski definition) is 0. The van der Waals surface area contributed by atoms with Crippen molar-refractivity contribution in [3.8, 4) is 11.1 Å². The highest BCUT2D eigenvalue weighted by Gasteiger charge is 2.53. The van der Waals surface area contributed by atoms with Crippen molar-refractivity contribution in [2.24, 2.45) is 0 Å². The summed E-state index contributed by atoms with van der Waals surface area (Å²) in [5.74, 6) is 0.167. The molecule has 1 saturated heterocycles. The largest absolute Gasteiger partial charge is 0.465 e. The summed E-state index contributed by atoms with van der Waals surface area (Å²) in [6.45, 7) is 12.7. The molecule has 0 bridgehead atoms. The van der Waals surface area contributed by atoms with E-state index in [4.69, 9.17) is 9.31 Å². The molecule has 1 aromatic heterocycles. The second-order valence-electron chi connectivity index (χ2n) is 13.3. The molecule has 1 aliphatic carbocycles. The Kier molecular flexibility index (Phi) is 9.33. The van der Waals surface area contributed by atoms with Gasteiger partial charge in [-0.15, -0.1) is 0 Å². The van der Waals surface area contributed by atoms with E-state index < -0.39 is 0 Å². The van der Waals surface area contributed by atoms with Crippen LogP contribution in [0.2, 0.25) is 5.82 Å². The van der Waals surface area contributed by atoms with Gasteiger partial charge in [-0.1, -0.05) is 96.8 Å². The first kappa shape index (κ1) is 31.7. The maximum absolute atomic E-state index is 6.58. The Labute approximate surface area is 273 Å². The molecule has 6 rings (SSSR count). The fourth-order valence-electron chi connectivity index (χ4n) is 6.45. The lowest BCUT2D eigenvalue weighted by Crippen LogP contribution is -2.41. The van der Waals surface area contributed by atoms with Gasteiger partial charge in [-0.3, -0.25) is 0 Å². The van der Waals surface area contributed by atoms with Crippen LogP contribution in [0.25, 0.3) is 40.4 Å². The first-order valence-corrected chi connectivity index (χ1v) is 17.3. The molecule has 3 aliphatic rings. The number of nitrogens with zero attached hydrogens (tertiary/aromatic N) is 1. The number of benzene rings is 2. The molecule has 5 heteroatoms. The first-order valence-electron chi connectivity index (χ1n) is 16.5. The first-order chi connectivity index (χ1) is 21.7. The Morgan fingerprint density at radius 2 is 1.78 bits per heavy atom. The maximum Gasteiger partial charge on any atom is 0.465 e. The van der Waals surface area contributed by atoms with Crippen molar-refractivity contribution >= 4 is 48.1 Å². The van der Waals surface area contributed by atoms with E-state index in [0.717, 1.165) is 32.1 Å². The zero-order chi connectivity index (χ0) is 31.6. The topological polar surface area (TPSA) is 23.4 Å². The average Bonchev–Trinajstić information content (AvgIpc) is 3.55. The summed E-state index contributed by atoms with van der Waals surface area (Å²) >= 11 is 1.94. The zero-order valence-electron chi connectivity index (χ0n) is 27.7. The standard InChI is InChI=1S/C40H46BNO2S/c1-7-9-11-12-13-15-25-42-36-22-17-19-31(41-43-39(3,4)40(5,6)44-41)28-35(36)34-27-29(23-24-37(34)42)33-21-16-18-30-26-32(45-38(30)33)20-14-10-8-2/h7-12,15-16,18,20-25,27-28,31H,13-14,17,19,26H2,1-6H3/b9-7-,10-8-,12-11-,25-15+,32-20+. The van der Waals surface area contributed by atoms with Crippen LogP contribution in [-0.4, -0.2) is 22.9 Å². The van der Waals surface area contributed by atoms with Crippen molar-refractivity contribution in [1.82, 2.24) is 4.57 Å². The molecule has 0 spiro atoms. The normalized spacial score (nSPS) is 21.8. The summed E-state index contributed by atoms with van der Waals surface area (Å²) in [7, 11) is -0.259. The Balaban J connectivity index is 1.45. The van der Waals surface area contributed by atoms with Gasteiger partial charge >= 0.3 is 7.12 Å². The van der Waals surface area contributed by atoms with Crippen molar-refractivity contribution in [2.75, 3.05) is 0 Å². The lowest BCUT2D eigenvalue weighted by atomic mass is 9.69. The highest BCUT2D eigenvalue weighted by Crippen LogP contribution is 2.46. The van der Waals surface area contributed by atoms with E-state index in [1.165, 1.54) is 48.0 Å². The molecule has 1 atom stereocenters. The van der Waals surface area contributed by atoms with Crippen molar-refractivity contribution in [2.45, 2.75) is 95.6 Å². The molecular weight excluding hydrogens is 569 g/mol. The Morgan fingerprint density at radius 3 is 2.56 bits per heavy atom. The number of rotatable bonds is 8. The van der Waals surface area contributed by atoms with E-state index in [1.807, 2.05) is 18.7 Å². The van der Waals surface area contributed by atoms with E-state index in [1.54, 1.807) is 0 Å². The average molecular weight is 616 g/mol. The highest BCUT2D eigenvalue weighted by atomic mass is 32.2. The fourth-order valence-corrected chi connectivity index (χ4v) is 7.68. The molecule has 0 amide bonds. The minimum atomic E-state index is -0.347. The van der Waals surface area contributed by atoms with Gasteiger partial charge in [0.2, 0.25) is 0 Å². The van der Waals surface area contributed by atoms with Crippen LogP contribution in [0.1, 0.15) is 72.8 Å². The summed E-state index contributed by atoms with van der Waals surface area (Å²) in [5, 5.41) is 3.82. The Bertz CT molecular complexity index is 1840. The Hall–Kier alpha value is -3.25. The zero-order valence-corrected chi connectivity index (χ0v) is 28.5. The van der Waals surface area contributed by atoms with Crippen LogP contribution in [0.4, 0.5) is 0 Å². The van der Waals surface area contributed by atoms with Crippen molar-refractivity contribution in [3.63, 3.8) is 0 Å². The molecule has 0 N–H and O–H groups in total. The molecule has 0 saturated carbocycles. The van der Waals surface area contributed by atoms with Crippen LogP contribution in [0.5, 0.6) is 0 Å². The van der Waals surface area contributed by atoms with Gasteiger partial charge in [-0.05, 0) is 101 Å². The molecule has 3 nitrogen and oxygen atoms in total. The van der Waals surface area contributed by atoms with E-state index in [9.17, 15) is 0 Å². The SMILES string of the molecule is C/C=C\C=C/C/C=C/n1c2c(c3cc(-c4cccc5c4S/C(=C/C/C=C\C)C5)ccc31)=CC(B1OC(C)(C)C(C)(C)O1)CCC=2. The predicted molar refractivity (Wildman–Crippen MR) is 196 cm³/mol. The highest BCUT2D eigenvalue weighted by molar-refractivity contribution is 8.03. The lowest BCUT2D eigenvalue weighted by molar-refractivity contribution is 0.00578. The van der Waals surface area contributed by atoms with Gasteiger partial charge in [0.25, 0.3) is 0 Å². The van der Waals surface area contributed by atoms with Crippen LogP contribution in [0, 0.1) is 0 Å². The van der Waals surface area contributed by atoms with Gasteiger partial charge in [0.1, 0.15) is 0 Å². The van der Waals surface area contributed by atoms with Gasteiger partial charge in [0.15, 0.2) is 0 Å². The van der Waals surface area contributed by atoms with Crippen molar-refractivity contribution < 1.29 is 9.31 Å². The van der Waals surface area contributed by atoms with E-state index in [2.05, 4.69) is 143 Å². The number of fused-ring (bicyclic) bond motifs is 4. The molecule has 2 aromatic carbocycles. The molecule has 3 aromatic rings. The van der Waals surface area contributed by atoms with Crippen LogP contribution < -0.4 is 10.6 Å². The maximum atomic E-state index is 6.58. The smallest absolute Gasteiger partial charge is 0.403 e. The summed E-state index contributed by atoms with van der Waals surface area (Å²) in [5.41, 5.74) is 4.55. The monoisotopic (exact) mass is 615 g/mol. The lowest BCUT2D eigenvalue weighted by Gasteiger charge is -2.32. The molecule has 3 heterocycles. The van der Waals surface area contributed by atoms with Crippen LogP contribution in [0.3, 0.4) is 0 Å². The van der Waals surface area contributed by atoms with E-state index >= 15 is 0 Å². The number of allylic oxidation sites excluding steroid dienone is 9. The molecular formula is C40H46BNO2S. The van der Waals surface area contributed by atoms with Gasteiger partial charge in [0.05, 0.1) is 16.7 Å². The third-order valence-corrected chi connectivity index (χ3v) is 10.9. The summed E-state index contributed by atoms with van der Waals surface area (Å²) < 4.78 is 15.5. The van der Waals surface area contributed by atoms with Crippen LogP contribution >= 0.6 is 11.8 Å². The number of aromatic nitrogens is 1. The molecule has 2 aliphatic heterocycles. The number of hydrogen-bond acceptors (Lipinski definition) is 3. The van der Waals surface area contributed by atoms with E-state index in [-0.39, 0.29) is 24.1 Å². The van der Waals surface area contributed by atoms with Gasteiger partial charge in [-0.2, -0.15) is 0 Å². The van der Waals surface area contributed by atoms with Crippen molar-refractivity contribution in [1.29, 1.82) is 0 Å². The molecule has 1 unspecified atom stereocenters. The second-order valence-corrected chi connectivity index (χ2v) is 14.4.